The first-order valence-corrected chi connectivity index (χ1v) is 7.12. The summed E-state index contributed by atoms with van der Waals surface area (Å²) in [5, 5.41) is 2.95. The number of anilines is 2. The largest absolute Gasteiger partial charge is 0.398 e. The van der Waals surface area contributed by atoms with Gasteiger partial charge in [0, 0.05) is 24.5 Å². The molecule has 2 amide bonds. The Hall–Kier alpha value is -2.49. The average molecular weight is 281 g/mol. The minimum atomic E-state index is -0.0745. The first kappa shape index (κ1) is 13.5. The number of carbonyl (C=O) groups excluding carboxylic acids is 1. The Morgan fingerprint density at radius 3 is 2.86 bits per heavy atom. The van der Waals surface area contributed by atoms with Crippen LogP contribution in [-0.4, -0.2) is 17.5 Å². The summed E-state index contributed by atoms with van der Waals surface area (Å²) in [6.07, 6.45) is 0.849. The Kier molecular flexibility index (Phi) is 3.52. The number of fused-ring (bicyclic) bond motifs is 1. The number of nitrogens with zero attached hydrogens (tertiary/aromatic N) is 1. The van der Waals surface area contributed by atoms with E-state index in [-0.39, 0.29) is 6.03 Å². The molecule has 0 saturated heterocycles. The molecular formula is C17H19N3O. The van der Waals surface area contributed by atoms with Crippen LogP contribution in [0.1, 0.15) is 16.7 Å². The molecule has 0 bridgehead atoms. The molecule has 21 heavy (non-hydrogen) atoms. The maximum absolute atomic E-state index is 12.4. The number of benzene rings is 2. The van der Waals surface area contributed by atoms with Gasteiger partial charge in [0.2, 0.25) is 0 Å². The van der Waals surface area contributed by atoms with E-state index in [9.17, 15) is 4.79 Å². The molecule has 0 spiro atoms. The Labute approximate surface area is 124 Å². The van der Waals surface area contributed by atoms with Crippen molar-refractivity contribution < 1.29 is 4.79 Å². The molecule has 4 nitrogen and oxygen atoms in total. The van der Waals surface area contributed by atoms with E-state index in [0.717, 1.165) is 28.9 Å². The highest BCUT2D eigenvalue weighted by atomic mass is 16.2. The summed E-state index contributed by atoms with van der Waals surface area (Å²) in [5.41, 5.74) is 11.1. The number of urea groups is 1. The van der Waals surface area contributed by atoms with Crippen LogP contribution in [0, 0.1) is 6.92 Å². The van der Waals surface area contributed by atoms with Crippen molar-refractivity contribution in [2.45, 2.75) is 19.9 Å². The van der Waals surface area contributed by atoms with Crippen LogP contribution in [0.25, 0.3) is 0 Å². The van der Waals surface area contributed by atoms with Crippen molar-refractivity contribution in [3.8, 4) is 0 Å². The number of nitrogen functional groups attached to an aromatic ring is 1. The second kappa shape index (κ2) is 5.48. The summed E-state index contributed by atoms with van der Waals surface area (Å²) in [5.74, 6) is 0. The van der Waals surface area contributed by atoms with Crippen LogP contribution in [0.3, 0.4) is 0 Å². The second-order valence-corrected chi connectivity index (χ2v) is 5.46. The molecule has 1 aliphatic heterocycles. The van der Waals surface area contributed by atoms with Crippen molar-refractivity contribution in [2.24, 2.45) is 0 Å². The van der Waals surface area contributed by atoms with Gasteiger partial charge in [0.15, 0.2) is 0 Å². The summed E-state index contributed by atoms with van der Waals surface area (Å²) >= 11 is 0. The van der Waals surface area contributed by atoms with E-state index >= 15 is 0 Å². The normalized spacial score (nSPS) is 13.7. The summed E-state index contributed by atoms with van der Waals surface area (Å²) in [4.78, 5) is 14.2. The van der Waals surface area contributed by atoms with Gasteiger partial charge in [0.25, 0.3) is 0 Å². The molecule has 2 aromatic carbocycles. The van der Waals surface area contributed by atoms with Gasteiger partial charge < -0.3 is 16.0 Å². The third-order valence-electron chi connectivity index (χ3n) is 3.87. The van der Waals surface area contributed by atoms with Crippen LogP contribution in [-0.2, 0) is 13.0 Å². The molecule has 0 aromatic heterocycles. The highest BCUT2D eigenvalue weighted by Crippen LogP contribution is 2.24. The highest BCUT2D eigenvalue weighted by Gasteiger charge is 2.22. The second-order valence-electron chi connectivity index (χ2n) is 5.46. The van der Waals surface area contributed by atoms with E-state index in [1.807, 2.05) is 43.3 Å². The van der Waals surface area contributed by atoms with E-state index in [2.05, 4.69) is 11.4 Å². The maximum Gasteiger partial charge on any atom is 0.322 e. The third-order valence-corrected chi connectivity index (χ3v) is 3.87. The molecule has 0 saturated carbocycles. The summed E-state index contributed by atoms with van der Waals surface area (Å²) in [6.45, 7) is 3.29. The number of nitrogens with one attached hydrogen (secondary N) is 1. The van der Waals surface area contributed by atoms with Crippen LogP contribution in [0.5, 0.6) is 0 Å². The Bertz CT molecular complexity index is 681. The van der Waals surface area contributed by atoms with Gasteiger partial charge in [0.1, 0.15) is 0 Å². The van der Waals surface area contributed by atoms with Crippen LogP contribution >= 0.6 is 0 Å². The molecule has 2 aromatic rings. The Balaban J connectivity index is 1.74. The number of hydrogen-bond acceptors (Lipinski definition) is 2. The minimum absolute atomic E-state index is 0.0745. The van der Waals surface area contributed by atoms with Gasteiger partial charge in [-0.2, -0.15) is 0 Å². The van der Waals surface area contributed by atoms with Gasteiger partial charge in [-0.1, -0.05) is 24.3 Å². The molecule has 4 heteroatoms. The zero-order chi connectivity index (χ0) is 14.8. The summed E-state index contributed by atoms with van der Waals surface area (Å²) < 4.78 is 0. The molecule has 1 heterocycles. The Morgan fingerprint density at radius 2 is 2.05 bits per heavy atom. The summed E-state index contributed by atoms with van der Waals surface area (Å²) in [6, 6.07) is 13.7. The standard InChI is InChI=1S/C17H19N3O/c1-12-4-2-6-14(10-12)19-17(21)20-9-8-13-5-3-7-16(18)15(13)11-20/h2-7,10H,8-9,11,18H2,1H3,(H,19,21). The predicted molar refractivity (Wildman–Crippen MR) is 85.2 cm³/mol. The molecule has 3 rings (SSSR count). The molecule has 0 aliphatic carbocycles. The van der Waals surface area contributed by atoms with Gasteiger partial charge >= 0.3 is 6.03 Å². The quantitative estimate of drug-likeness (QED) is 0.789. The van der Waals surface area contributed by atoms with Gasteiger partial charge in [-0.25, -0.2) is 4.79 Å². The number of rotatable bonds is 1. The van der Waals surface area contributed by atoms with E-state index < -0.39 is 0 Å². The lowest BCUT2D eigenvalue weighted by atomic mass is 9.98. The molecule has 0 atom stereocenters. The number of carbonyl (C=O) groups is 1. The molecule has 0 unspecified atom stereocenters. The van der Waals surface area contributed by atoms with Crippen molar-refractivity contribution in [3.63, 3.8) is 0 Å². The van der Waals surface area contributed by atoms with Crippen LogP contribution in [0.15, 0.2) is 42.5 Å². The lowest BCUT2D eigenvalue weighted by Gasteiger charge is -2.29. The summed E-state index contributed by atoms with van der Waals surface area (Å²) in [7, 11) is 0. The fraction of sp³-hybridized carbons (Fsp3) is 0.235. The van der Waals surface area contributed by atoms with Gasteiger partial charge in [-0.05, 0) is 48.2 Å². The molecule has 108 valence electrons. The topological polar surface area (TPSA) is 58.4 Å². The predicted octanol–water partition coefficient (Wildman–Crippen LogP) is 3.17. The number of hydrogen-bond donors (Lipinski definition) is 2. The number of aryl methyl sites for hydroxylation is 1. The van der Waals surface area contributed by atoms with E-state index in [1.165, 1.54) is 5.56 Å². The monoisotopic (exact) mass is 281 g/mol. The number of amides is 2. The van der Waals surface area contributed by atoms with Crippen molar-refractivity contribution in [1.29, 1.82) is 0 Å². The molecule has 1 aliphatic rings. The van der Waals surface area contributed by atoms with Gasteiger partial charge in [0.05, 0.1) is 0 Å². The van der Waals surface area contributed by atoms with Gasteiger partial charge in [-0.15, -0.1) is 0 Å². The van der Waals surface area contributed by atoms with E-state index in [4.69, 9.17) is 5.73 Å². The molecule has 3 N–H and O–H groups in total. The first-order chi connectivity index (χ1) is 10.1. The Morgan fingerprint density at radius 1 is 1.24 bits per heavy atom. The minimum Gasteiger partial charge on any atom is -0.398 e. The fourth-order valence-corrected chi connectivity index (χ4v) is 2.71. The van der Waals surface area contributed by atoms with Crippen LogP contribution in [0.4, 0.5) is 16.2 Å². The van der Waals surface area contributed by atoms with Gasteiger partial charge in [-0.3, -0.25) is 0 Å². The van der Waals surface area contributed by atoms with Crippen LogP contribution in [0.2, 0.25) is 0 Å². The third kappa shape index (κ3) is 2.84. The van der Waals surface area contributed by atoms with Crippen molar-refractivity contribution in [1.82, 2.24) is 4.90 Å². The fourth-order valence-electron chi connectivity index (χ4n) is 2.71. The zero-order valence-corrected chi connectivity index (χ0v) is 12.1. The molecular weight excluding hydrogens is 262 g/mol. The average Bonchev–Trinajstić information content (AvgIpc) is 2.47. The smallest absolute Gasteiger partial charge is 0.322 e. The van der Waals surface area contributed by atoms with E-state index in [0.29, 0.717) is 13.1 Å². The zero-order valence-electron chi connectivity index (χ0n) is 12.1. The van der Waals surface area contributed by atoms with Crippen LogP contribution < -0.4 is 11.1 Å². The highest BCUT2D eigenvalue weighted by molar-refractivity contribution is 5.89. The molecule has 0 radical (unpaired) electrons. The first-order valence-electron chi connectivity index (χ1n) is 7.12. The van der Waals surface area contributed by atoms with Crippen molar-refractivity contribution in [3.05, 3.63) is 59.2 Å². The van der Waals surface area contributed by atoms with Crippen molar-refractivity contribution >= 4 is 17.4 Å². The van der Waals surface area contributed by atoms with Crippen molar-refractivity contribution in [2.75, 3.05) is 17.6 Å². The van der Waals surface area contributed by atoms with E-state index in [1.54, 1.807) is 4.90 Å². The lowest BCUT2D eigenvalue weighted by Crippen LogP contribution is -2.39. The molecule has 0 fully saturated rings. The lowest BCUT2D eigenvalue weighted by molar-refractivity contribution is 0.206. The maximum atomic E-state index is 12.4. The SMILES string of the molecule is Cc1cccc(NC(=O)N2CCc3cccc(N)c3C2)c1. The number of nitrogens with two attached hydrogens (primary N) is 1.